The van der Waals surface area contributed by atoms with E-state index in [2.05, 4.69) is 31.8 Å². The summed E-state index contributed by atoms with van der Waals surface area (Å²) in [5.74, 6) is -1.06. The molecular formula is C33H29BrN4O5. The predicted octanol–water partition coefficient (Wildman–Crippen LogP) is 5.66. The first-order valence-corrected chi connectivity index (χ1v) is 13.9. The molecule has 0 heterocycles. The summed E-state index contributed by atoms with van der Waals surface area (Å²) in [4.78, 5) is 40.5. The van der Waals surface area contributed by atoms with Crippen LogP contribution in [-0.4, -0.2) is 45.2 Å². The van der Waals surface area contributed by atoms with Gasteiger partial charge in [-0.1, -0.05) is 46.3 Å². The van der Waals surface area contributed by atoms with Crippen molar-refractivity contribution in [2.45, 2.75) is 0 Å². The molecule has 0 aliphatic rings. The number of carbonyl (C=O) groups is 3. The molecule has 43 heavy (non-hydrogen) atoms. The predicted molar refractivity (Wildman–Crippen MR) is 170 cm³/mol. The van der Waals surface area contributed by atoms with Crippen molar-refractivity contribution in [2.75, 3.05) is 26.1 Å². The highest BCUT2D eigenvalue weighted by Gasteiger charge is 2.15. The molecule has 0 saturated carbocycles. The lowest BCUT2D eigenvalue weighted by molar-refractivity contribution is -0.117. The minimum atomic E-state index is -0.621. The molecule has 0 spiro atoms. The van der Waals surface area contributed by atoms with Gasteiger partial charge in [-0.3, -0.25) is 9.59 Å². The molecule has 2 amide bonds. The van der Waals surface area contributed by atoms with Crippen LogP contribution >= 0.6 is 15.9 Å². The van der Waals surface area contributed by atoms with E-state index in [4.69, 9.17) is 9.47 Å². The van der Waals surface area contributed by atoms with Crippen LogP contribution in [0.25, 0.3) is 6.08 Å². The van der Waals surface area contributed by atoms with Crippen LogP contribution < -0.4 is 25.1 Å². The van der Waals surface area contributed by atoms with Crippen molar-refractivity contribution in [2.24, 2.45) is 5.10 Å². The summed E-state index contributed by atoms with van der Waals surface area (Å²) in [7, 11) is 5.32. The third kappa shape index (κ3) is 8.64. The molecule has 10 heteroatoms. The first kappa shape index (κ1) is 30.7. The van der Waals surface area contributed by atoms with Gasteiger partial charge in [0.25, 0.3) is 11.8 Å². The van der Waals surface area contributed by atoms with E-state index in [1.165, 1.54) is 13.3 Å². The zero-order valence-corrected chi connectivity index (χ0v) is 25.3. The molecule has 2 N–H and O–H groups in total. The molecule has 0 aromatic heterocycles. The maximum Gasteiger partial charge on any atom is 0.343 e. The minimum absolute atomic E-state index is 0.0105. The normalized spacial score (nSPS) is 11.1. The Morgan fingerprint density at radius 1 is 0.814 bits per heavy atom. The number of esters is 1. The Bertz CT molecular complexity index is 1650. The topological polar surface area (TPSA) is 109 Å². The number of amides is 2. The first-order valence-electron chi connectivity index (χ1n) is 13.1. The summed E-state index contributed by atoms with van der Waals surface area (Å²) < 4.78 is 11.7. The van der Waals surface area contributed by atoms with Crippen molar-refractivity contribution >= 4 is 51.7 Å². The van der Waals surface area contributed by atoms with Crippen molar-refractivity contribution < 1.29 is 23.9 Å². The van der Waals surface area contributed by atoms with E-state index >= 15 is 0 Å². The SMILES string of the molecule is COc1cc(/C=N\NC(=O)/C(=C\c2ccc(N(C)C)cc2)NC(=O)c2ccccc2)ccc1OC(=O)c1ccc(Br)cc1. The third-order valence-electron chi connectivity index (χ3n) is 6.10. The lowest BCUT2D eigenvalue weighted by atomic mass is 10.1. The quantitative estimate of drug-likeness (QED) is 0.0761. The van der Waals surface area contributed by atoms with Crippen molar-refractivity contribution in [3.8, 4) is 11.5 Å². The maximum atomic E-state index is 13.1. The standard InChI is InChI=1S/C33H29BrN4O5/c1-38(2)27-16-9-22(10-17-27)19-28(36-31(39)24-7-5-4-6-8-24)32(40)37-35-21-23-11-18-29(30(20-23)42-3)43-33(41)25-12-14-26(34)15-13-25/h4-21H,1-3H3,(H,36,39)(H,37,40)/b28-19+,35-21-. The summed E-state index contributed by atoms with van der Waals surface area (Å²) in [6, 6.07) is 27.7. The van der Waals surface area contributed by atoms with Crippen LogP contribution in [0, 0.1) is 0 Å². The van der Waals surface area contributed by atoms with E-state index in [1.807, 2.05) is 43.3 Å². The van der Waals surface area contributed by atoms with Gasteiger partial charge in [-0.25, -0.2) is 10.2 Å². The van der Waals surface area contributed by atoms with E-state index in [0.717, 1.165) is 10.2 Å². The van der Waals surface area contributed by atoms with Gasteiger partial charge in [0.2, 0.25) is 0 Å². The van der Waals surface area contributed by atoms with E-state index < -0.39 is 17.8 Å². The lowest BCUT2D eigenvalue weighted by Gasteiger charge is -2.13. The molecule has 0 unspecified atom stereocenters. The van der Waals surface area contributed by atoms with E-state index in [-0.39, 0.29) is 11.4 Å². The molecule has 4 rings (SSSR count). The highest BCUT2D eigenvalue weighted by atomic mass is 79.9. The Balaban J connectivity index is 1.49. The van der Waals surface area contributed by atoms with Crippen molar-refractivity contribution in [1.82, 2.24) is 10.7 Å². The number of hydrogen-bond acceptors (Lipinski definition) is 7. The zero-order chi connectivity index (χ0) is 30.8. The van der Waals surface area contributed by atoms with Crippen LogP contribution in [0.3, 0.4) is 0 Å². The fourth-order valence-corrected chi connectivity index (χ4v) is 4.06. The van der Waals surface area contributed by atoms with Gasteiger partial charge >= 0.3 is 5.97 Å². The average Bonchev–Trinajstić information content (AvgIpc) is 3.02. The number of nitrogens with zero attached hydrogens (tertiary/aromatic N) is 2. The molecule has 0 atom stereocenters. The number of methoxy groups -OCH3 is 1. The Morgan fingerprint density at radius 2 is 1.49 bits per heavy atom. The van der Waals surface area contributed by atoms with Gasteiger partial charge in [0, 0.05) is 29.8 Å². The second kappa shape index (κ2) is 14.6. The van der Waals surface area contributed by atoms with Gasteiger partial charge in [-0.15, -0.1) is 0 Å². The van der Waals surface area contributed by atoms with Gasteiger partial charge in [0.15, 0.2) is 11.5 Å². The summed E-state index contributed by atoms with van der Waals surface area (Å²) in [5.41, 5.74) is 5.53. The van der Waals surface area contributed by atoms with Crippen LogP contribution in [0.15, 0.2) is 112 Å². The number of hydrogen-bond donors (Lipinski definition) is 2. The number of rotatable bonds is 10. The highest BCUT2D eigenvalue weighted by molar-refractivity contribution is 9.10. The second-order valence-corrected chi connectivity index (χ2v) is 10.3. The fraction of sp³-hybridized carbons (Fsp3) is 0.0909. The number of benzene rings is 4. The van der Waals surface area contributed by atoms with E-state index in [0.29, 0.717) is 28.0 Å². The zero-order valence-electron chi connectivity index (χ0n) is 23.7. The Hall–Kier alpha value is -5.22. The number of hydrazone groups is 1. The molecule has 9 nitrogen and oxygen atoms in total. The Morgan fingerprint density at radius 3 is 2.14 bits per heavy atom. The summed E-state index contributed by atoms with van der Waals surface area (Å²) in [6.45, 7) is 0. The molecule has 4 aromatic rings. The largest absolute Gasteiger partial charge is 0.493 e. The van der Waals surface area contributed by atoms with Crippen LogP contribution in [0.1, 0.15) is 31.8 Å². The number of halogens is 1. The molecule has 4 aromatic carbocycles. The molecule has 0 aliphatic heterocycles. The number of nitrogens with one attached hydrogen (secondary N) is 2. The van der Waals surface area contributed by atoms with Gasteiger partial charge < -0.3 is 19.7 Å². The molecule has 0 saturated heterocycles. The maximum absolute atomic E-state index is 13.1. The number of anilines is 1. The monoisotopic (exact) mass is 640 g/mol. The fourth-order valence-electron chi connectivity index (χ4n) is 3.80. The highest BCUT2D eigenvalue weighted by Crippen LogP contribution is 2.28. The minimum Gasteiger partial charge on any atom is -0.493 e. The third-order valence-corrected chi connectivity index (χ3v) is 6.63. The van der Waals surface area contributed by atoms with Crippen LogP contribution in [0.4, 0.5) is 5.69 Å². The lowest BCUT2D eigenvalue weighted by Crippen LogP contribution is -2.32. The van der Waals surface area contributed by atoms with E-state index in [1.54, 1.807) is 78.9 Å². The van der Waals surface area contributed by atoms with Crippen LogP contribution in [0.2, 0.25) is 0 Å². The average molecular weight is 642 g/mol. The van der Waals surface area contributed by atoms with Gasteiger partial charge in [0.05, 0.1) is 18.9 Å². The molecular weight excluding hydrogens is 612 g/mol. The Labute approximate surface area is 258 Å². The van der Waals surface area contributed by atoms with Gasteiger partial charge in [-0.2, -0.15) is 5.10 Å². The van der Waals surface area contributed by atoms with Gasteiger partial charge in [-0.05, 0) is 83.9 Å². The van der Waals surface area contributed by atoms with Crippen LogP contribution in [-0.2, 0) is 4.79 Å². The Kier molecular flexibility index (Phi) is 10.4. The molecule has 218 valence electrons. The summed E-state index contributed by atoms with van der Waals surface area (Å²) in [6.07, 6.45) is 2.98. The summed E-state index contributed by atoms with van der Waals surface area (Å²) >= 11 is 3.34. The van der Waals surface area contributed by atoms with E-state index in [9.17, 15) is 14.4 Å². The van der Waals surface area contributed by atoms with Crippen LogP contribution in [0.5, 0.6) is 11.5 Å². The number of ether oxygens (including phenoxy) is 2. The first-order chi connectivity index (χ1) is 20.7. The van der Waals surface area contributed by atoms with Crippen molar-refractivity contribution in [3.05, 3.63) is 129 Å². The molecule has 0 bridgehead atoms. The molecule has 0 fully saturated rings. The van der Waals surface area contributed by atoms with Crippen molar-refractivity contribution in [3.63, 3.8) is 0 Å². The van der Waals surface area contributed by atoms with Crippen molar-refractivity contribution in [1.29, 1.82) is 0 Å². The summed E-state index contributed by atoms with van der Waals surface area (Å²) in [5, 5.41) is 6.73. The smallest absolute Gasteiger partial charge is 0.343 e. The second-order valence-electron chi connectivity index (χ2n) is 9.37. The molecule has 0 aliphatic carbocycles. The number of carbonyl (C=O) groups excluding carboxylic acids is 3. The molecule has 0 radical (unpaired) electrons. The van der Waals surface area contributed by atoms with Gasteiger partial charge in [0.1, 0.15) is 5.70 Å².